The van der Waals surface area contributed by atoms with E-state index in [4.69, 9.17) is 9.88 Å². The van der Waals surface area contributed by atoms with Gasteiger partial charge < -0.3 is 15.4 Å². The highest BCUT2D eigenvalue weighted by molar-refractivity contribution is 7.89. The number of rotatable bonds is 5. The number of primary sulfonamides is 1. The highest BCUT2D eigenvalue weighted by Gasteiger charge is 2.12. The summed E-state index contributed by atoms with van der Waals surface area (Å²) < 4.78 is 27.5. The van der Waals surface area contributed by atoms with E-state index in [1.807, 2.05) is 0 Å². The summed E-state index contributed by atoms with van der Waals surface area (Å²) in [6.07, 6.45) is 0. The van der Waals surface area contributed by atoms with E-state index in [0.717, 1.165) is 5.56 Å². The molecular formula is C16H19N3O4S. The second-order valence-electron chi connectivity index (χ2n) is 5.16. The zero-order valence-electron chi connectivity index (χ0n) is 13.3. The van der Waals surface area contributed by atoms with Crippen molar-refractivity contribution in [2.24, 2.45) is 5.14 Å². The molecule has 0 spiro atoms. The summed E-state index contributed by atoms with van der Waals surface area (Å²) in [5.41, 5.74) is 1.39. The number of hydrogen-bond donors (Lipinski definition) is 3. The zero-order valence-corrected chi connectivity index (χ0v) is 14.1. The summed E-state index contributed by atoms with van der Waals surface area (Å²) in [5, 5.41) is 10.5. The maximum absolute atomic E-state index is 12.0. The molecule has 0 aromatic heterocycles. The molecule has 0 saturated heterocycles. The van der Waals surface area contributed by atoms with Gasteiger partial charge in [-0.2, -0.15) is 0 Å². The largest absolute Gasteiger partial charge is 0.497 e. The lowest BCUT2D eigenvalue weighted by molar-refractivity contribution is 0.249. The monoisotopic (exact) mass is 349 g/mol. The molecule has 0 unspecified atom stereocenters. The second kappa shape index (κ2) is 7.33. The van der Waals surface area contributed by atoms with Gasteiger partial charge in [0, 0.05) is 5.69 Å². The quantitative estimate of drug-likeness (QED) is 0.768. The SMILES string of the molecule is COc1ccc(NC(=O)N[C@H](C)c2ccc(S(N)(=O)=O)cc2)cc1. The lowest BCUT2D eigenvalue weighted by Gasteiger charge is -2.15. The van der Waals surface area contributed by atoms with Crippen LogP contribution in [0.4, 0.5) is 10.5 Å². The molecule has 128 valence electrons. The first kappa shape index (κ1) is 17.8. The van der Waals surface area contributed by atoms with E-state index >= 15 is 0 Å². The maximum atomic E-state index is 12.0. The Morgan fingerprint density at radius 2 is 1.67 bits per heavy atom. The van der Waals surface area contributed by atoms with Crippen LogP contribution >= 0.6 is 0 Å². The number of ether oxygens (including phenoxy) is 1. The van der Waals surface area contributed by atoms with E-state index in [0.29, 0.717) is 11.4 Å². The maximum Gasteiger partial charge on any atom is 0.319 e. The number of amides is 2. The van der Waals surface area contributed by atoms with Crippen LogP contribution < -0.4 is 20.5 Å². The van der Waals surface area contributed by atoms with Gasteiger partial charge in [0.15, 0.2) is 0 Å². The average Bonchev–Trinajstić information content (AvgIpc) is 2.54. The topological polar surface area (TPSA) is 111 Å². The number of methoxy groups -OCH3 is 1. The fraction of sp³-hybridized carbons (Fsp3) is 0.188. The summed E-state index contributed by atoms with van der Waals surface area (Å²) in [7, 11) is -2.16. The van der Waals surface area contributed by atoms with Gasteiger partial charge in [0.1, 0.15) is 5.75 Å². The Hall–Kier alpha value is -2.58. The first-order chi connectivity index (χ1) is 11.3. The minimum atomic E-state index is -3.72. The highest BCUT2D eigenvalue weighted by atomic mass is 32.2. The fourth-order valence-electron chi connectivity index (χ4n) is 2.07. The van der Waals surface area contributed by atoms with E-state index in [2.05, 4.69) is 10.6 Å². The van der Waals surface area contributed by atoms with Crippen LogP contribution in [-0.4, -0.2) is 21.6 Å². The molecule has 2 aromatic rings. The predicted molar refractivity (Wildman–Crippen MR) is 91.4 cm³/mol. The number of urea groups is 1. The van der Waals surface area contributed by atoms with Crippen LogP contribution in [0, 0.1) is 0 Å². The predicted octanol–water partition coefficient (Wildman–Crippen LogP) is 2.23. The summed E-state index contributed by atoms with van der Waals surface area (Å²) in [6, 6.07) is 12.3. The number of nitrogens with one attached hydrogen (secondary N) is 2. The molecule has 0 fully saturated rings. The minimum Gasteiger partial charge on any atom is -0.497 e. The molecule has 0 radical (unpaired) electrons. The summed E-state index contributed by atoms with van der Waals surface area (Å²) in [4.78, 5) is 12.0. The first-order valence-electron chi connectivity index (χ1n) is 7.14. The smallest absolute Gasteiger partial charge is 0.319 e. The second-order valence-corrected chi connectivity index (χ2v) is 6.72. The third-order valence-corrected chi connectivity index (χ3v) is 4.33. The molecule has 0 bridgehead atoms. The Bertz CT molecular complexity index is 802. The van der Waals surface area contributed by atoms with Gasteiger partial charge in [-0.05, 0) is 48.9 Å². The molecule has 24 heavy (non-hydrogen) atoms. The van der Waals surface area contributed by atoms with Crippen LogP contribution in [0.5, 0.6) is 5.75 Å². The van der Waals surface area contributed by atoms with Crippen molar-refractivity contribution in [3.8, 4) is 5.75 Å². The van der Waals surface area contributed by atoms with E-state index < -0.39 is 10.0 Å². The van der Waals surface area contributed by atoms with Crippen molar-refractivity contribution < 1.29 is 17.9 Å². The lowest BCUT2D eigenvalue weighted by atomic mass is 10.1. The van der Waals surface area contributed by atoms with Crippen LogP contribution in [-0.2, 0) is 10.0 Å². The van der Waals surface area contributed by atoms with Crippen molar-refractivity contribution in [3.05, 3.63) is 54.1 Å². The van der Waals surface area contributed by atoms with Gasteiger partial charge >= 0.3 is 6.03 Å². The van der Waals surface area contributed by atoms with Crippen LogP contribution in [0.25, 0.3) is 0 Å². The lowest BCUT2D eigenvalue weighted by Crippen LogP contribution is -2.31. The Labute approximate surface area is 140 Å². The number of sulfonamides is 1. The van der Waals surface area contributed by atoms with Crippen molar-refractivity contribution in [1.29, 1.82) is 0 Å². The number of carbonyl (C=O) groups excluding carboxylic acids is 1. The van der Waals surface area contributed by atoms with Gasteiger partial charge in [0.25, 0.3) is 0 Å². The van der Waals surface area contributed by atoms with Crippen molar-refractivity contribution >= 4 is 21.7 Å². The fourth-order valence-corrected chi connectivity index (χ4v) is 2.58. The molecular weight excluding hydrogens is 330 g/mol. The van der Waals surface area contributed by atoms with Crippen LogP contribution in [0.3, 0.4) is 0 Å². The molecule has 2 rings (SSSR count). The first-order valence-corrected chi connectivity index (χ1v) is 8.68. The molecule has 0 aliphatic carbocycles. The van der Waals surface area contributed by atoms with Gasteiger partial charge in [-0.1, -0.05) is 12.1 Å². The van der Waals surface area contributed by atoms with Gasteiger partial charge in [0.05, 0.1) is 18.0 Å². The molecule has 0 heterocycles. The van der Waals surface area contributed by atoms with Crippen molar-refractivity contribution in [2.45, 2.75) is 17.9 Å². The third kappa shape index (κ3) is 4.71. The molecule has 0 aliphatic rings. The number of anilines is 1. The molecule has 0 aliphatic heterocycles. The van der Waals surface area contributed by atoms with E-state index in [9.17, 15) is 13.2 Å². The summed E-state index contributed by atoms with van der Waals surface area (Å²) >= 11 is 0. The average molecular weight is 349 g/mol. The Morgan fingerprint density at radius 3 is 2.17 bits per heavy atom. The standard InChI is InChI=1S/C16H19N3O4S/c1-11(12-3-9-15(10-4-12)24(17,21)22)18-16(20)19-13-5-7-14(23-2)8-6-13/h3-11H,1-2H3,(H2,17,21,22)(H2,18,19,20)/t11-/m1/s1. The number of hydrogen-bond acceptors (Lipinski definition) is 4. The van der Waals surface area contributed by atoms with Gasteiger partial charge in [-0.15, -0.1) is 0 Å². The number of nitrogens with two attached hydrogens (primary N) is 1. The van der Waals surface area contributed by atoms with Crippen molar-refractivity contribution in [3.63, 3.8) is 0 Å². The molecule has 2 amide bonds. The van der Waals surface area contributed by atoms with Crippen molar-refractivity contribution in [2.75, 3.05) is 12.4 Å². The third-order valence-electron chi connectivity index (χ3n) is 3.40. The molecule has 7 nitrogen and oxygen atoms in total. The summed E-state index contributed by atoms with van der Waals surface area (Å²) in [6.45, 7) is 1.79. The summed E-state index contributed by atoms with van der Waals surface area (Å²) in [5.74, 6) is 0.698. The van der Waals surface area contributed by atoms with Crippen molar-refractivity contribution in [1.82, 2.24) is 5.32 Å². The Balaban J connectivity index is 1.97. The zero-order chi connectivity index (χ0) is 17.7. The van der Waals surface area contributed by atoms with Crippen LogP contribution in [0.2, 0.25) is 0 Å². The van der Waals surface area contributed by atoms with E-state index in [1.165, 1.54) is 12.1 Å². The van der Waals surface area contributed by atoms with Crippen LogP contribution in [0.15, 0.2) is 53.4 Å². The highest BCUT2D eigenvalue weighted by Crippen LogP contribution is 2.17. The molecule has 0 saturated carbocycles. The molecule has 1 atom stereocenters. The Morgan fingerprint density at radius 1 is 1.08 bits per heavy atom. The normalized spacial score (nSPS) is 12.3. The minimum absolute atomic E-state index is 0.0288. The van der Waals surface area contributed by atoms with Gasteiger partial charge in [-0.3, -0.25) is 0 Å². The molecule has 2 aromatic carbocycles. The molecule has 8 heteroatoms. The number of benzene rings is 2. The number of carbonyl (C=O) groups is 1. The van der Waals surface area contributed by atoms with Crippen LogP contribution in [0.1, 0.15) is 18.5 Å². The van der Waals surface area contributed by atoms with E-state index in [-0.39, 0.29) is 17.0 Å². The van der Waals surface area contributed by atoms with E-state index in [1.54, 1.807) is 50.4 Å². The Kier molecular flexibility index (Phi) is 5.42. The van der Waals surface area contributed by atoms with Gasteiger partial charge in [0.2, 0.25) is 10.0 Å². The molecule has 4 N–H and O–H groups in total. The van der Waals surface area contributed by atoms with Gasteiger partial charge in [-0.25, -0.2) is 18.4 Å².